The summed E-state index contributed by atoms with van der Waals surface area (Å²) >= 11 is 0. The van der Waals surface area contributed by atoms with E-state index in [4.69, 9.17) is 5.84 Å². The van der Waals surface area contributed by atoms with E-state index in [1.54, 1.807) is 0 Å². The van der Waals surface area contributed by atoms with Crippen molar-refractivity contribution >= 4 is 0 Å². The molecular formula is C18H29N3. The molecule has 2 aliphatic rings. The van der Waals surface area contributed by atoms with Crippen molar-refractivity contribution in [3.8, 4) is 0 Å². The zero-order chi connectivity index (χ0) is 14.8. The van der Waals surface area contributed by atoms with Gasteiger partial charge in [0.1, 0.15) is 0 Å². The van der Waals surface area contributed by atoms with Gasteiger partial charge in [-0.1, -0.05) is 37.6 Å². The van der Waals surface area contributed by atoms with Crippen LogP contribution in [0.1, 0.15) is 56.2 Å². The Labute approximate surface area is 128 Å². The van der Waals surface area contributed by atoms with Gasteiger partial charge >= 0.3 is 0 Å². The van der Waals surface area contributed by atoms with Crippen molar-refractivity contribution < 1.29 is 0 Å². The minimum atomic E-state index is 0.303. The van der Waals surface area contributed by atoms with Gasteiger partial charge < -0.3 is 4.90 Å². The predicted molar refractivity (Wildman–Crippen MR) is 87.8 cm³/mol. The van der Waals surface area contributed by atoms with Crippen molar-refractivity contribution in [1.82, 2.24) is 10.3 Å². The Bertz CT molecular complexity index is 442. The largest absolute Gasteiger partial charge is 0.300 e. The van der Waals surface area contributed by atoms with Crippen molar-refractivity contribution in [2.75, 3.05) is 7.05 Å². The molecule has 3 unspecified atom stereocenters. The highest BCUT2D eigenvalue weighted by molar-refractivity contribution is 5.26. The van der Waals surface area contributed by atoms with Gasteiger partial charge in [0.25, 0.3) is 0 Å². The standard InChI is InChI=1S/C18H29N3/c1-3-4-13-5-7-14(8-6-13)18(20-19)15-11-16-9-10-17(12-15)21(16)2/h5-8,15-18,20H,3-4,9-12,19H2,1-2H3. The molecule has 3 N–H and O–H groups in total. The topological polar surface area (TPSA) is 41.3 Å². The summed E-state index contributed by atoms with van der Waals surface area (Å²) in [4.78, 5) is 2.59. The number of nitrogens with one attached hydrogen (secondary N) is 1. The molecule has 1 aromatic rings. The molecule has 0 aromatic heterocycles. The number of nitrogens with zero attached hydrogens (tertiary/aromatic N) is 1. The molecule has 2 fully saturated rings. The minimum Gasteiger partial charge on any atom is -0.300 e. The summed E-state index contributed by atoms with van der Waals surface area (Å²) in [5.41, 5.74) is 5.89. The fourth-order valence-corrected chi connectivity index (χ4v) is 4.41. The van der Waals surface area contributed by atoms with Gasteiger partial charge in [-0.2, -0.15) is 0 Å². The van der Waals surface area contributed by atoms with Crippen LogP contribution in [0.2, 0.25) is 0 Å². The maximum absolute atomic E-state index is 5.91. The highest BCUT2D eigenvalue weighted by atomic mass is 15.2. The van der Waals surface area contributed by atoms with Crippen molar-refractivity contribution in [2.45, 2.75) is 63.6 Å². The molecule has 0 spiro atoms. The predicted octanol–water partition coefficient (Wildman–Crippen LogP) is 3.02. The van der Waals surface area contributed by atoms with E-state index in [9.17, 15) is 0 Å². The average Bonchev–Trinajstić information content (AvgIpc) is 2.72. The minimum absolute atomic E-state index is 0.303. The van der Waals surface area contributed by atoms with Gasteiger partial charge in [-0.05, 0) is 56.2 Å². The second-order valence-corrected chi connectivity index (χ2v) is 6.92. The molecule has 2 bridgehead atoms. The van der Waals surface area contributed by atoms with Crippen LogP contribution < -0.4 is 11.3 Å². The SMILES string of the molecule is CCCc1ccc(C(NN)C2CC3CCC(C2)N3C)cc1. The Hall–Kier alpha value is -0.900. The van der Waals surface area contributed by atoms with Crippen molar-refractivity contribution in [3.63, 3.8) is 0 Å². The quantitative estimate of drug-likeness (QED) is 0.646. The smallest absolute Gasteiger partial charge is 0.0489 e. The van der Waals surface area contributed by atoms with E-state index in [1.165, 1.54) is 49.7 Å². The first-order valence-corrected chi connectivity index (χ1v) is 8.49. The number of rotatable bonds is 5. The Morgan fingerprint density at radius 1 is 1.19 bits per heavy atom. The number of piperidine rings is 1. The average molecular weight is 287 g/mol. The molecular weight excluding hydrogens is 258 g/mol. The Morgan fingerprint density at radius 3 is 2.33 bits per heavy atom. The fourth-order valence-electron chi connectivity index (χ4n) is 4.41. The highest BCUT2D eigenvalue weighted by Crippen LogP contribution is 2.42. The lowest BCUT2D eigenvalue weighted by molar-refractivity contribution is 0.112. The molecule has 3 heteroatoms. The monoisotopic (exact) mass is 287 g/mol. The first kappa shape index (κ1) is 15.0. The first-order valence-electron chi connectivity index (χ1n) is 8.49. The lowest BCUT2D eigenvalue weighted by Crippen LogP contribution is -2.45. The van der Waals surface area contributed by atoms with Crippen LogP contribution in [0.25, 0.3) is 0 Å². The van der Waals surface area contributed by atoms with Crippen LogP contribution >= 0.6 is 0 Å². The maximum Gasteiger partial charge on any atom is 0.0489 e. The summed E-state index contributed by atoms with van der Waals surface area (Å²) in [6.45, 7) is 2.23. The molecule has 0 radical (unpaired) electrons. The molecule has 0 saturated carbocycles. The molecule has 2 saturated heterocycles. The number of hydrogen-bond acceptors (Lipinski definition) is 3. The summed E-state index contributed by atoms with van der Waals surface area (Å²) in [6, 6.07) is 10.9. The van der Waals surface area contributed by atoms with Gasteiger partial charge in [-0.25, -0.2) is 0 Å². The van der Waals surface area contributed by atoms with Crippen LogP contribution in [0.4, 0.5) is 0 Å². The van der Waals surface area contributed by atoms with Crippen LogP contribution in [-0.2, 0) is 6.42 Å². The third-order valence-electron chi connectivity index (χ3n) is 5.66. The third-order valence-corrected chi connectivity index (χ3v) is 5.66. The summed E-state index contributed by atoms with van der Waals surface area (Å²) in [7, 11) is 2.29. The zero-order valence-electron chi connectivity index (χ0n) is 13.4. The van der Waals surface area contributed by atoms with Gasteiger partial charge in [-0.15, -0.1) is 0 Å². The molecule has 2 heterocycles. The number of aryl methyl sites for hydroxylation is 1. The van der Waals surface area contributed by atoms with Gasteiger partial charge in [0.05, 0.1) is 0 Å². The number of nitrogens with two attached hydrogens (primary N) is 1. The van der Waals surface area contributed by atoms with Crippen molar-refractivity contribution in [1.29, 1.82) is 0 Å². The van der Waals surface area contributed by atoms with Crippen LogP contribution in [0.5, 0.6) is 0 Å². The molecule has 116 valence electrons. The molecule has 2 aliphatic heterocycles. The summed E-state index contributed by atoms with van der Waals surface area (Å²) in [6.07, 6.45) is 7.65. The summed E-state index contributed by atoms with van der Waals surface area (Å²) in [5.74, 6) is 6.58. The molecule has 3 atom stereocenters. The van der Waals surface area contributed by atoms with Crippen molar-refractivity contribution in [2.24, 2.45) is 11.8 Å². The van der Waals surface area contributed by atoms with E-state index in [0.29, 0.717) is 12.0 Å². The maximum atomic E-state index is 5.91. The van der Waals surface area contributed by atoms with E-state index in [1.807, 2.05) is 0 Å². The Kier molecular flexibility index (Phi) is 4.63. The zero-order valence-corrected chi connectivity index (χ0v) is 13.4. The lowest BCUT2D eigenvalue weighted by atomic mass is 9.82. The van der Waals surface area contributed by atoms with Crippen LogP contribution in [0.15, 0.2) is 24.3 Å². The van der Waals surface area contributed by atoms with E-state index >= 15 is 0 Å². The Morgan fingerprint density at radius 2 is 1.81 bits per heavy atom. The number of hydrogen-bond donors (Lipinski definition) is 2. The molecule has 3 rings (SSSR count). The van der Waals surface area contributed by atoms with Gasteiger partial charge in [0, 0.05) is 18.1 Å². The first-order chi connectivity index (χ1) is 10.2. The number of hydrazine groups is 1. The van der Waals surface area contributed by atoms with Crippen LogP contribution in [0, 0.1) is 5.92 Å². The third kappa shape index (κ3) is 3.01. The second kappa shape index (κ2) is 6.47. The van der Waals surface area contributed by atoms with Crippen molar-refractivity contribution in [3.05, 3.63) is 35.4 Å². The highest BCUT2D eigenvalue weighted by Gasteiger charge is 2.41. The van der Waals surface area contributed by atoms with E-state index in [0.717, 1.165) is 12.1 Å². The molecule has 0 amide bonds. The normalized spacial score (nSPS) is 30.5. The van der Waals surface area contributed by atoms with Gasteiger partial charge in [-0.3, -0.25) is 11.3 Å². The summed E-state index contributed by atoms with van der Waals surface area (Å²) in [5, 5.41) is 0. The second-order valence-electron chi connectivity index (χ2n) is 6.92. The van der Waals surface area contributed by atoms with E-state index in [-0.39, 0.29) is 0 Å². The number of benzene rings is 1. The molecule has 21 heavy (non-hydrogen) atoms. The molecule has 3 nitrogen and oxygen atoms in total. The molecule has 1 aromatic carbocycles. The fraction of sp³-hybridized carbons (Fsp3) is 0.667. The van der Waals surface area contributed by atoms with E-state index in [2.05, 4.69) is 48.6 Å². The van der Waals surface area contributed by atoms with Gasteiger partial charge in [0.15, 0.2) is 0 Å². The summed E-state index contributed by atoms with van der Waals surface area (Å²) < 4.78 is 0. The van der Waals surface area contributed by atoms with E-state index < -0.39 is 0 Å². The van der Waals surface area contributed by atoms with Crippen LogP contribution in [0.3, 0.4) is 0 Å². The van der Waals surface area contributed by atoms with Crippen LogP contribution in [-0.4, -0.2) is 24.0 Å². The lowest BCUT2D eigenvalue weighted by Gasteiger charge is -2.39. The van der Waals surface area contributed by atoms with Gasteiger partial charge in [0.2, 0.25) is 0 Å². The molecule has 0 aliphatic carbocycles. The Balaban J connectivity index is 1.73. The number of fused-ring (bicyclic) bond motifs is 2.